The predicted octanol–water partition coefficient (Wildman–Crippen LogP) is 2.54. The molecule has 0 saturated carbocycles. The molecule has 5 rings (SSSR count). The number of phenols is 1. The number of anilines is 1. The first-order chi connectivity index (χ1) is 14.0. The lowest BCUT2D eigenvalue weighted by Gasteiger charge is -2.40. The number of benzene rings is 1. The molecule has 0 unspecified atom stereocenters. The molecule has 0 radical (unpaired) electrons. The van der Waals surface area contributed by atoms with Crippen molar-refractivity contribution in [2.45, 2.75) is 50.2 Å². The molecule has 3 atom stereocenters. The standard InChI is InChI=1S/C21H25N7O/c1-21-6-5-14(24-21)9-16(11-21)27(2)20-23-12-18(25-26-20)17-4-3-15(10-19(17)29)28-8-7-22-13-28/h3-4,7-8,10,12-14,16,24,29H,5-6,9,11H2,1-2H3/t14-,16-,21+/m1/s1. The van der Waals surface area contributed by atoms with E-state index in [9.17, 15) is 5.11 Å². The van der Waals surface area contributed by atoms with Crippen LogP contribution < -0.4 is 10.2 Å². The number of piperidine rings is 1. The Morgan fingerprint density at radius 2 is 2.21 bits per heavy atom. The Hall–Kier alpha value is -3.00. The van der Waals surface area contributed by atoms with Crippen molar-refractivity contribution in [1.82, 2.24) is 30.0 Å². The van der Waals surface area contributed by atoms with Crippen LogP contribution in [0.4, 0.5) is 5.95 Å². The summed E-state index contributed by atoms with van der Waals surface area (Å²) < 4.78 is 1.83. The van der Waals surface area contributed by atoms with Crippen molar-refractivity contribution < 1.29 is 5.11 Å². The van der Waals surface area contributed by atoms with Crippen molar-refractivity contribution in [1.29, 1.82) is 0 Å². The molecule has 0 amide bonds. The predicted molar refractivity (Wildman–Crippen MR) is 110 cm³/mol. The molecule has 2 aliphatic rings. The Morgan fingerprint density at radius 1 is 1.31 bits per heavy atom. The Morgan fingerprint density at radius 3 is 2.90 bits per heavy atom. The summed E-state index contributed by atoms with van der Waals surface area (Å²) in [4.78, 5) is 10.7. The molecular weight excluding hydrogens is 366 g/mol. The zero-order chi connectivity index (χ0) is 20.0. The lowest BCUT2D eigenvalue weighted by Crippen LogP contribution is -2.53. The van der Waals surface area contributed by atoms with E-state index in [1.54, 1.807) is 24.8 Å². The van der Waals surface area contributed by atoms with Gasteiger partial charge in [0.15, 0.2) is 0 Å². The van der Waals surface area contributed by atoms with Gasteiger partial charge in [-0.15, -0.1) is 10.2 Å². The number of imidazole rings is 1. The average Bonchev–Trinajstić information content (AvgIpc) is 3.35. The normalized spacial score (nSPS) is 25.9. The minimum Gasteiger partial charge on any atom is -0.507 e. The Bertz CT molecular complexity index is 1000. The van der Waals surface area contributed by atoms with Crippen LogP contribution in [-0.2, 0) is 0 Å². The van der Waals surface area contributed by atoms with Gasteiger partial charge < -0.3 is 19.9 Å². The third-order valence-electron chi connectivity index (χ3n) is 6.31. The maximum atomic E-state index is 10.5. The summed E-state index contributed by atoms with van der Waals surface area (Å²) in [7, 11) is 2.05. The van der Waals surface area contributed by atoms with Gasteiger partial charge in [0.1, 0.15) is 11.4 Å². The Labute approximate surface area is 169 Å². The fourth-order valence-electron chi connectivity index (χ4n) is 4.72. The molecule has 3 aromatic rings. The van der Waals surface area contributed by atoms with Gasteiger partial charge in [0, 0.05) is 48.7 Å². The number of phenolic OH excluding ortho intramolecular Hbond substituents is 1. The lowest BCUT2D eigenvalue weighted by molar-refractivity contribution is 0.266. The first kappa shape index (κ1) is 18.1. The fourth-order valence-corrected chi connectivity index (χ4v) is 4.72. The summed E-state index contributed by atoms with van der Waals surface area (Å²) in [5, 5.41) is 22.9. The van der Waals surface area contributed by atoms with E-state index in [0.29, 0.717) is 29.3 Å². The quantitative estimate of drug-likeness (QED) is 0.706. The van der Waals surface area contributed by atoms with Gasteiger partial charge in [-0.1, -0.05) is 0 Å². The maximum Gasteiger partial charge on any atom is 0.245 e. The van der Waals surface area contributed by atoms with Crippen LogP contribution in [0.5, 0.6) is 5.75 Å². The molecule has 150 valence electrons. The summed E-state index contributed by atoms with van der Waals surface area (Å²) in [6.07, 6.45) is 11.6. The third-order valence-corrected chi connectivity index (χ3v) is 6.31. The van der Waals surface area contributed by atoms with E-state index in [1.807, 2.05) is 29.9 Å². The first-order valence-electron chi connectivity index (χ1n) is 10.0. The van der Waals surface area contributed by atoms with Gasteiger partial charge >= 0.3 is 0 Å². The number of hydrogen-bond acceptors (Lipinski definition) is 7. The van der Waals surface area contributed by atoms with Crippen molar-refractivity contribution in [2.24, 2.45) is 0 Å². The van der Waals surface area contributed by atoms with E-state index in [4.69, 9.17) is 0 Å². The summed E-state index contributed by atoms with van der Waals surface area (Å²) in [6, 6.07) is 6.41. The summed E-state index contributed by atoms with van der Waals surface area (Å²) in [5.74, 6) is 0.759. The van der Waals surface area contributed by atoms with Crippen molar-refractivity contribution >= 4 is 5.95 Å². The third kappa shape index (κ3) is 3.33. The summed E-state index contributed by atoms with van der Waals surface area (Å²) in [6.45, 7) is 2.31. The minimum atomic E-state index is 0.135. The number of aromatic nitrogens is 5. The SMILES string of the molecule is CN(c1ncc(-c2ccc(-n3ccnc3)cc2O)nn1)[C@@H]1C[C@H]2CC[C@@](C)(C1)N2. The van der Waals surface area contributed by atoms with Crippen LogP contribution in [0.2, 0.25) is 0 Å². The first-order valence-corrected chi connectivity index (χ1v) is 10.0. The van der Waals surface area contributed by atoms with Gasteiger partial charge in [-0.2, -0.15) is 0 Å². The molecule has 2 fully saturated rings. The summed E-state index contributed by atoms with van der Waals surface area (Å²) >= 11 is 0. The highest BCUT2D eigenvalue weighted by atomic mass is 16.3. The molecule has 8 heteroatoms. The molecule has 1 aromatic carbocycles. The largest absolute Gasteiger partial charge is 0.507 e. The lowest BCUT2D eigenvalue weighted by atomic mass is 9.89. The van der Waals surface area contributed by atoms with E-state index in [1.165, 1.54) is 12.8 Å². The monoisotopic (exact) mass is 391 g/mol. The summed E-state index contributed by atoms with van der Waals surface area (Å²) in [5.41, 5.74) is 2.21. The van der Waals surface area contributed by atoms with Crippen molar-refractivity contribution in [3.05, 3.63) is 43.1 Å². The zero-order valence-electron chi connectivity index (χ0n) is 16.7. The van der Waals surface area contributed by atoms with Gasteiger partial charge in [0.2, 0.25) is 5.95 Å². The van der Waals surface area contributed by atoms with Gasteiger partial charge in [0.05, 0.1) is 18.2 Å². The Balaban J connectivity index is 1.35. The van der Waals surface area contributed by atoms with Gasteiger partial charge in [0.25, 0.3) is 0 Å². The van der Waals surface area contributed by atoms with E-state index in [0.717, 1.165) is 18.5 Å². The smallest absolute Gasteiger partial charge is 0.245 e. The highest BCUT2D eigenvalue weighted by Crippen LogP contribution is 2.37. The maximum absolute atomic E-state index is 10.5. The average molecular weight is 391 g/mol. The number of aromatic hydroxyl groups is 1. The molecular formula is C21H25N7O. The molecule has 2 N–H and O–H groups in total. The van der Waals surface area contributed by atoms with E-state index in [-0.39, 0.29) is 11.3 Å². The molecule has 2 saturated heterocycles. The van der Waals surface area contributed by atoms with Crippen LogP contribution in [-0.4, -0.2) is 54.5 Å². The van der Waals surface area contributed by atoms with Crippen molar-refractivity contribution in [2.75, 3.05) is 11.9 Å². The van der Waals surface area contributed by atoms with Crippen LogP contribution in [0.25, 0.3) is 16.9 Å². The van der Waals surface area contributed by atoms with Crippen LogP contribution >= 0.6 is 0 Å². The second kappa shape index (κ2) is 6.81. The Kier molecular flexibility index (Phi) is 4.24. The zero-order valence-corrected chi connectivity index (χ0v) is 16.7. The second-order valence-electron chi connectivity index (χ2n) is 8.46. The van der Waals surface area contributed by atoms with Crippen molar-refractivity contribution in [3.63, 3.8) is 0 Å². The van der Waals surface area contributed by atoms with Crippen LogP contribution in [0, 0.1) is 0 Å². The number of nitrogens with one attached hydrogen (secondary N) is 1. The van der Waals surface area contributed by atoms with Crippen LogP contribution in [0.15, 0.2) is 43.1 Å². The number of nitrogens with zero attached hydrogens (tertiary/aromatic N) is 6. The number of hydrogen-bond donors (Lipinski definition) is 2. The van der Waals surface area contributed by atoms with E-state index >= 15 is 0 Å². The molecule has 2 bridgehead atoms. The molecule has 2 aromatic heterocycles. The van der Waals surface area contributed by atoms with Gasteiger partial charge in [-0.05, 0) is 44.7 Å². The molecule has 0 aliphatic carbocycles. The molecule has 4 heterocycles. The highest BCUT2D eigenvalue weighted by Gasteiger charge is 2.43. The molecule has 0 spiro atoms. The number of rotatable bonds is 4. The van der Waals surface area contributed by atoms with Crippen LogP contribution in [0.1, 0.15) is 32.6 Å². The minimum absolute atomic E-state index is 0.135. The van der Waals surface area contributed by atoms with Crippen molar-refractivity contribution in [3.8, 4) is 22.7 Å². The molecule has 29 heavy (non-hydrogen) atoms. The van der Waals surface area contributed by atoms with Gasteiger partial charge in [-0.3, -0.25) is 0 Å². The van der Waals surface area contributed by atoms with E-state index in [2.05, 4.69) is 37.3 Å². The highest BCUT2D eigenvalue weighted by molar-refractivity contribution is 5.68. The molecule has 2 aliphatic heterocycles. The molecule has 8 nitrogen and oxygen atoms in total. The van der Waals surface area contributed by atoms with Gasteiger partial charge in [-0.25, -0.2) is 9.97 Å². The van der Waals surface area contributed by atoms with E-state index < -0.39 is 0 Å². The van der Waals surface area contributed by atoms with Crippen LogP contribution in [0.3, 0.4) is 0 Å². The second-order valence-corrected chi connectivity index (χ2v) is 8.46. The fraction of sp³-hybridized carbons (Fsp3) is 0.429. The topological polar surface area (TPSA) is 92.0 Å². The number of fused-ring (bicyclic) bond motifs is 2.